The molecule has 39 heavy (non-hydrogen) atoms. The molecule has 0 spiro atoms. The summed E-state index contributed by atoms with van der Waals surface area (Å²) in [7, 11) is -2.17. The zero-order chi connectivity index (χ0) is 28.6. The van der Waals surface area contributed by atoms with Crippen molar-refractivity contribution >= 4 is 50.7 Å². The summed E-state index contributed by atoms with van der Waals surface area (Å²) in [6, 6.07) is 11.3. The molecule has 0 saturated heterocycles. The third-order valence-corrected chi connectivity index (χ3v) is 8.85. The third kappa shape index (κ3) is 8.75. The van der Waals surface area contributed by atoms with Crippen LogP contribution in [-0.4, -0.2) is 57.1 Å². The van der Waals surface area contributed by atoms with E-state index in [4.69, 9.17) is 27.9 Å². The van der Waals surface area contributed by atoms with Gasteiger partial charge in [-0.15, -0.1) is 0 Å². The molecule has 1 aliphatic rings. The molecule has 2 amide bonds. The fourth-order valence-electron chi connectivity index (χ4n) is 4.78. The van der Waals surface area contributed by atoms with Gasteiger partial charge in [0.05, 0.1) is 24.1 Å². The molecule has 1 atom stereocenters. The van der Waals surface area contributed by atoms with Crippen molar-refractivity contribution in [3.8, 4) is 5.75 Å². The topological polar surface area (TPSA) is 96.0 Å². The predicted octanol–water partition coefficient (Wildman–Crippen LogP) is 5.41. The Morgan fingerprint density at radius 1 is 1.08 bits per heavy atom. The second kappa shape index (κ2) is 14.2. The van der Waals surface area contributed by atoms with Crippen molar-refractivity contribution in [2.75, 3.05) is 24.2 Å². The fourth-order valence-corrected chi connectivity index (χ4v) is 6.18. The van der Waals surface area contributed by atoms with Gasteiger partial charge < -0.3 is 15.0 Å². The standard InChI is InChI=1S/C28H37Cl2N3O5S/c1-20(28(35)31-22-11-5-4-6-12-22)32(19-21-10-7-8-13-24(21)29)27(34)14-9-17-33(39(3,36)37)23-15-16-26(38-2)25(30)18-23/h7-8,10,13,15-16,18,20,22H,4-6,9,11-12,14,17,19H2,1-3H3,(H,31,35)/t20-/m0/s1. The van der Waals surface area contributed by atoms with Crippen molar-refractivity contribution < 1.29 is 22.7 Å². The van der Waals surface area contributed by atoms with Crippen LogP contribution in [0.5, 0.6) is 5.75 Å². The molecule has 2 aromatic carbocycles. The number of ether oxygens (including phenoxy) is 1. The summed E-state index contributed by atoms with van der Waals surface area (Å²) in [5, 5.41) is 3.90. The van der Waals surface area contributed by atoms with Gasteiger partial charge in [-0.1, -0.05) is 60.7 Å². The molecule has 0 bridgehead atoms. The van der Waals surface area contributed by atoms with Gasteiger partial charge >= 0.3 is 0 Å². The monoisotopic (exact) mass is 597 g/mol. The summed E-state index contributed by atoms with van der Waals surface area (Å²) >= 11 is 12.6. The predicted molar refractivity (Wildman–Crippen MR) is 156 cm³/mol. The minimum absolute atomic E-state index is 0.0431. The number of hydrogen-bond acceptors (Lipinski definition) is 5. The highest BCUT2D eigenvalue weighted by atomic mass is 35.5. The van der Waals surface area contributed by atoms with E-state index in [1.807, 2.05) is 18.2 Å². The maximum Gasteiger partial charge on any atom is 0.242 e. The Bertz CT molecular complexity index is 1250. The van der Waals surface area contributed by atoms with Gasteiger partial charge in [-0.25, -0.2) is 8.42 Å². The molecule has 1 saturated carbocycles. The van der Waals surface area contributed by atoms with Crippen molar-refractivity contribution in [2.24, 2.45) is 0 Å². The number of nitrogens with zero attached hydrogens (tertiary/aromatic N) is 2. The highest BCUT2D eigenvalue weighted by Crippen LogP contribution is 2.30. The normalized spacial score (nSPS) is 14.9. The van der Waals surface area contributed by atoms with Crippen LogP contribution < -0.4 is 14.4 Å². The van der Waals surface area contributed by atoms with E-state index in [0.717, 1.165) is 37.5 Å². The SMILES string of the molecule is COc1ccc(N(CCCC(=O)N(Cc2ccccc2Cl)[C@@H](C)C(=O)NC2CCCCC2)S(C)(=O)=O)cc1Cl. The van der Waals surface area contributed by atoms with Gasteiger partial charge in [-0.2, -0.15) is 0 Å². The van der Waals surface area contributed by atoms with Gasteiger partial charge in [0.15, 0.2) is 0 Å². The Labute approximate surface area is 241 Å². The molecule has 0 aromatic heterocycles. The zero-order valence-electron chi connectivity index (χ0n) is 22.7. The number of hydrogen-bond donors (Lipinski definition) is 1. The lowest BCUT2D eigenvalue weighted by Gasteiger charge is -2.31. The Kier molecular flexibility index (Phi) is 11.3. The first-order valence-corrected chi connectivity index (χ1v) is 15.8. The van der Waals surface area contributed by atoms with E-state index in [2.05, 4.69) is 5.32 Å². The molecule has 3 rings (SSSR count). The average molecular weight is 599 g/mol. The molecule has 0 unspecified atom stereocenters. The van der Waals surface area contributed by atoms with E-state index in [-0.39, 0.29) is 48.8 Å². The van der Waals surface area contributed by atoms with Crippen LogP contribution in [0.4, 0.5) is 5.69 Å². The van der Waals surface area contributed by atoms with E-state index < -0.39 is 16.1 Å². The highest BCUT2D eigenvalue weighted by Gasteiger charge is 2.29. The summed E-state index contributed by atoms with van der Waals surface area (Å²) in [5.41, 5.74) is 1.11. The lowest BCUT2D eigenvalue weighted by atomic mass is 9.95. The molecule has 0 radical (unpaired) electrons. The number of carbonyl (C=O) groups excluding carboxylic acids is 2. The maximum atomic E-state index is 13.5. The second-order valence-electron chi connectivity index (χ2n) is 9.89. The van der Waals surface area contributed by atoms with E-state index in [9.17, 15) is 18.0 Å². The molecule has 214 valence electrons. The molecule has 8 nitrogen and oxygen atoms in total. The van der Waals surface area contributed by atoms with Gasteiger partial charge in [0.1, 0.15) is 11.8 Å². The van der Waals surface area contributed by atoms with Crippen LogP contribution >= 0.6 is 23.2 Å². The smallest absolute Gasteiger partial charge is 0.242 e. The minimum atomic E-state index is -3.65. The summed E-state index contributed by atoms with van der Waals surface area (Å²) in [5.74, 6) is -0.0323. The van der Waals surface area contributed by atoms with E-state index >= 15 is 0 Å². The second-order valence-corrected chi connectivity index (χ2v) is 12.6. The van der Waals surface area contributed by atoms with Crippen LogP contribution in [0, 0.1) is 0 Å². The molecular formula is C28H37Cl2N3O5S. The van der Waals surface area contributed by atoms with Crippen LogP contribution in [0.2, 0.25) is 10.0 Å². The van der Waals surface area contributed by atoms with Crippen molar-refractivity contribution in [1.29, 1.82) is 0 Å². The van der Waals surface area contributed by atoms with Crippen LogP contribution in [0.25, 0.3) is 0 Å². The van der Waals surface area contributed by atoms with Gasteiger partial charge in [-0.05, 0) is 56.0 Å². The Morgan fingerprint density at radius 2 is 1.77 bits per heavy atom. The molecule has 11 heteroatoms. The lowest BCUT2D eigenvalue weighted by Crippen LogP contribution is -2.50. The Hall–Kier alpha value is -2.49. The molecule has 2 aromatic rings. The molecular weight excluding hydrogens is 561 g/mol. The number of carbonyl (C=O) groups is 2. The van der Waals surface area contributed by atoms with E-state index in [1.54, 1.807) is 25.1 Å². The number of halogens is 2. The first kappa shape index (κ1) is 31.0. The first-order chi connectivity index (χ1) is 18.5. The number of nitrogens with one attached hydrogen (secondary N) is 1. The van der Waals surface area contributed by atoms with Crippen LogP contribution in [0.1, 0.15) is 57.4 Å². The van der Waals surface area contributed by atoms with Crippen molar-refractivity contribution in [2.45, 2.75) is 70.5 Å². The van der Waals surface area contributed by atoms with Crippen LogP contribution in [0.15, 0.2) is 42.5 Å². The summed E-state index contributed by atoms with van der Waals surface area (Å²) in [6.45, 7) is 1.95. The quantitative estimate of drug-likeness (QED) is 0.352. The molecule has 1 aliphatic carbocycles. The van der Waals surface area contributed by atoms with Gasteiger partial charge in [0, 0.05) is 30.6 Å². The van der Waals surface area contributed by atoms with Crippen LogP contribution in [0.3, 0.4) is 0 Å². The number of sulfonamides is 1. The largest absolute Gasteiger partial charge is 0.495 e. The minimum Gasteiger partial charge on any atom is -0.495 e. The maximum absolute atomic E-state index is 13.5. The van der Waals surface area contributed by atoms with Crippen LogP contribution in [-0.2, 0) is 26.2 Å². The molecule has 1 fully saturated rings. The summed E-state index contributed by atoms with van der Waals surface area (Å²) < 4.78 is 31.5. The van der Waals surface area contributed by atoms with Gasteiger partial charge in [0.2, 0.25) is 21.8 Å². The number of rotatable bonds is 12. The number of methoxy groups -OCH3 is 1. The molecule has 0 aliphatic heterocycles. The van der Waals surface area contributed by atoms with Gasteiger partial charge in [0.25, 0.3) is 0 Å². The van der Waals surface area contributed by atoms with Crippen molar-refractivity contribution in [3.05, 3.63) is 58.1 Å². The average Bonchev–Trinajstić information content (AvgIpc) is 2.90. The Morgan fingerprint density at radius 3 is 2.38 bits per heavy atom. The van der Waals surface area contributed by atoms with E-state index in [0.29, 0.717) is 16.5 Å². The molecule has 0 heterocycles. The van der Waals surface area contributed by atoms with Crippen molar-refractivity contribution in [1.82, 2.24) is 10.2 Å². The number of benzene rings is 2. The number of amides is 2. The summed E-state index contributed by atoms with van der Waals surface area (Å²) in [6.07, 6.45) is 6.60. The van der Waals surface area contributed by atoms with E-state index in [1.165, 1.54) is 28.8 Å². The number of anilines is 1. The molecule has 1 N–H and O–H groups in total. The van der Waals surface area contributed by atoms with Gasteiger partial charge in [-0.3, -0.25) is 13.9 Å². The zero-order valence-corrected chi connectivity index (χ0v) is 25.0. The first-order valence-electron chi connectivity index (χ1n) is 13.2. The summed E-state index contributed by atoms with van der Waals surface area (Å²) in [4.78, 5) is 28.2. The lowest BCUT2D eigenvalue weighted by molar-refractivity contribution is -0.141. The van der Waals surface area contributed by atoms with Crippen molar-refractivity contribution in [3.63, 3.8) is 0 Å². The third-order valence-electron chi connectivity index (χ3n) is 6.99. The highest BCUT2D eigenvalue weighted by molar-refractivity contribution is 7.92. The fraction of sp³-hybridized carbons (Fsp3) is 0.500. The Balaban J connectivity index is 1.74.